The molecule has 0 radical (unpaired) electrons. The van der Waals surface area contributed by atoms with Crippen molar-refractivity contribution < 1.29 is 43.9 Å². The van der Waals surface area contributed by atoms with Gasteiger partial charge in [0.2, 0.25) is 0 Å². The maximum atomic E-state index is 12.5. The van der Waals surface area contributed by atoms with Crippen molar-refractivity contribution in [3.63, 3.8) is 0 Å². The molecule has 0 bridgehead atoms. The van der Waals surface area contributed by atoms with Gasteiger partial charge in [-0.1, -0.05) is 0 Å². The zero-order chi connectivity index (χ0) is 18.4. The first-order valence-corrected chi connectivity index (χ1v) is 6.80. The van der Waals surface area contributed by atoms with E-state index in [0.717, 1.165) is 0 Å². The van der Waals surface area contributed by atoms with Crippen LogP contribution < -0.4 is 5.32 Å². The van der Waals surface area contributed by atoms with Gasteiger partial charge in [-0.2, -0.15) is 43.9 Å². The lowest BCUT2D eigenvalue weighted by Gasteiger charge is -2.19. The van der Waals surface area contributed by atoms with Crippen LogP contribution in [-0.4, -0.2) is 37.3 Å². The summed E-state index contributed by atoms with van der Waals surface area (Å²) in [6, 6.07) is 0. The predicted molar refractivity (Wildman–Crippen MR) is 62.6 cm³/mol. The van der Waals surface area contributed by atoms with Crippen molar-refractivity contribution in [2.24, 2.45) is 0 Å². The van der Waals surface area contributed by atoms with Crippen LogP contribution in [0.25, 0.3) is 0 Å². The Labute approximate surface area is 126 Å². The molecule has 11 heteroatoms. The molecule has 0 saturated carbocycles. The highest BCUT2D eigenvalue weighted by molar-refractivity contribution is 4.76. The molecular formula is C12H17F10N. The zero-order valence-electron chi connectivity index (χ0n) is 11.9. The Kier molecular flexibility index (Phi) is 8.12. The number of rotatable bonds is 10. The Bertz CT molecular complexity index is 302. The molecule has 0 aliphatic carbocycles. The SMILES string of the molecule is FC(F)(F)C(F)(F)CCCCNCCCCC(F)(F)C(F)(F)F. The average molecular weight is 365 g/mol. The summed E-state index contributed by atoms with van der Waals surface area (Å²) in [7, 11) is 0. The van der Waals surface area contributed by atoms with E-state index in [4.69, 9.17) is 0 Å². The van der Waals surface area contributed by atoms with E-state index >= 15 is 0 Å². The topological polar surface area (TPSA) is 12.0 Å². The van der Waals surface area contributed by atoms with Gasteiger partial charge >= 0.3 is 24.2 Å². The molecule has 140 valence electrons. The van der Waals surface area contributed by atoms with Gasteiger partial charge in [0.25, 0.3) is 0 Å². The summed E-state index contributed by atoms with van der Waals surface area (Å²) in [4.78, 5) is 0. The molecule has 0 aliphatic rings. The van der Waals surface area contributed by atoms with E-state index in [1.165, 1.54) is 0 Å². The van der Waals surface area contributed by atoms with E-state index in [2.05, 4.69) is 5.32 Å². The minimum atomic E-state index is -5.59. The number of nitrogens with one attached hydrogen (secondary N) is 1. The summed E-state index contributed by atoms with van der Waals surface area (Å²) in [5, 5.41) is 2.58. The number of unbranched alkanes of at least 4 members (excludes halogenated alkanes) is 2. The molecule has 0 spiro atoms. The maximum absolute atomic E-state index is 12.5. The molecule has 0 aromatic heterocycles. The lowest BCUT2D eigenvalue weighted by molar-refractivity contribution is -0.284. The third-order valence-corrected chi connectivity index (χ3v) is 3.02. The Morgan fingerprint density at radius 2 is 0.783 bits per heavy atom. The van der Waals surface area contributed by atoms with E-state index < -0.39 is 49.9 Å². The van der Waals surface area contributed by atoms with Gasteiger partial charge in [0.05, 0.1) is 0 Å². The fourth-order valence-electron chi connectivity index (χ4n) is 1.60. The van der Waals surface area contributed by atoms with Crippen molar-refractivity contribution in [1.29, 1.82) is 0 Å². The standard InChI is InChI=1S/C12H17F10N/c13-9(14,11(17,18)19)5-1-3-7-23-8-4-2-6-10(15,16)12(20,21)22/h23H,1-8H2. The van der Waals surface area contributed by atoms with Gasteiger partial charge in [-0.05, 0) is 38.8 Å². The quantitative estimate of drug-likeness (QED) is 0.409. The molecule has 0 heterocycles. The first kappa shape index (κ1) is 22.3. The smallest absolute Gasteiger partial charge is 0.317 e. The molecule has 0 fully saturated rings. The highest BCUT2D eigenvalue weighted by atomic mass is 19.4. The van der Waals surface area contributed by atoms with Gasteiger partial charge in [-0.15, -0.1) is 0 Å². The highest BCUT2D eigenvalue weighted by Crippen LogP contribution is 2.39. The van der Waals surface area contributed by atoms with Crippen LogP contribution in [0.4, 0.5) is 43.9 Å². The maximum Gasteiger partial charge on any atom is 0.453 e. The van der Waals surface area contributed by atoms with Crippen LogP contribution in [-0.2, 0) is 0 Å². The van der Waals surface area contributed by atoms with Crippen LogP contribution >= 0.6 is 0 Å². The summed E-state index contributed by atoms with van der Waals surface area (Å²) >= 11 is 0. The normalized spacial score (nSPS) is 14.3. The highest BCUT2D eigenvalue weighted by Gasteiger charge is 2.57. The average Bonchev–Trinajstić information content (AvgIpc) is 2.33. The van der Waals surface area contributed by atoms with Crippen LogP contribution in [0.15, 0.2) is 0 Å². The summed E-state index contributed by atoms with van der Waals surface area (Å²) in [6.07, 6.45) is -14.7. The number of hydrogen-bond acceptors (Lipinski definition) is 1. The molecule has 23 heavy (non-hydrogen) atoms. The number of halogens is 10. The Hall–Kier alpha value is -0.740. The molecule has 0 saturated heterocycles. The lowest BCUT2D eigenvalue weighted by Crippen LogP contribution is -2.36. The van der Waals surface area contributed by atoms with Gasteiger partial charge in [-0.3, -0.25) is 0 Å². The first-order valence-electron chi connectivity index (χ1n) is 6.80. The molecule has 0 unspecified atom stereocenters. The molecule has 0 atom stereocenters. The van der Waals surface area contributed by atoms with Crippen LogP contribution in [0.5, 0.6) is 0 Å². The minimum absolute atomic E-state index is 0.00435. The molecule has 1 nitrogen and oxygen atoms in total. The Morgan fingerprint density at radius 1 is 0.478 bits per heavy atom. The van der Waals surface area contributed by atoms with Crippen molar-refractivity contribution in [2.45, 2.75) is 62.7 Å². The monoisotopic (exact) mass is 365 g/mol. The van der Waals surface area contributed by atoms with Crippen molar-refractivity contribution in [3.8, 4) is 0 Å². The van der Waals surface area contributed by atoms with E-state index in [1.54, 1.807) is 0 Å². The van der Waals surface area contributed by atoms with Gasteiger partial charge < -0.3 is 5.32 Å². The first-order chi connectivity index (χ1) is 10.2. The summed E-state index contributed by atoms with van der Waals surface area (Å²) in [5.41, 5.74) is 0. The molecule has 1 N–H and O–H groups in total. The second-order valence-corrected chi connectivity index (χ2v) is 5.07. The molecular weight excluding hydrogens is 348 g/mol. The number of alkyl halides is 10. The van der Waals surface area contributed by atoms with Gasteiger partial charge in [0, 0.05) is 12.8 Å². The van der Waals surface area contributed by atoms with Gasteiger partial charge in [0.1, 0.15) is 0 Å². The molecule has 0 aromatic carbocycles. The predicted octanol–water partition coefficient (Wildman–Crippen LogP) is 5.31. The molecule has 0 aromatic rings. The van der Waals surface area contributed by atoms with Crippen molar-refractivity contribution in [3.05, 3.63) is 0 Å². The fourth-order valence-corrected chi connectivity index (χ4v) is 1.60. The van der Waals surface area contributed by atoms with Crippen molar-refractivity contribution in [2.75, 3.05) is 13.1 Å². The summed E-state index contributed by atoms with van der Waals surface area (Å²) in [6.45, 7) is 0.146. The van der Waals surface area contributed by atoms with Gasteiger partial charge in [-0.25, -0.2) is 0 Å². The Morgan fingerprint density at radius 3 is 1.04 bits per heavy atom. The minimum Gasteiger partial charge on any atom is -0.317 e. The van der Waals surface area contributed by atoms with Crippen molar-refractivity contribution >= 4 is 0 Å². The zero-order valence-corrected chi connectivity index (χ0v) is 11.9. The Balaban J connectivity index is 3.66. The fraction of sp³-hybridized carbons (Fsp3) is 1.00. The van der Waals surface area contributed by atoms with E-state index in [9.17, 15) is 43.9 Å². The van der Waals surface area contributed by atoms with E-state index in [0.29, 0.717) is 0 Å². The largest absolute Gasteiger partial charge is 0.453 e. The van der Waals surface area contributed by atoms with E-state index in [1.807, 2.05) is 0 Å². The van der Waals surface area contributed by atoms with Crippen LogP contribution in [0.1, 0.15) is 38.5 Å². The third-order valence-electron chi connectivity index (χ3n) is 3.02. The van der Waals surface area contributed by atoms with Crippen LogP contribution in [0, 0.1) is 0 Å². The third kappa shape index (κ3) is 8.07. The lowest BCUT2D eigenvalue weighted by atomic mass is 10.1. The molecule has 0 rings (SSSR count). The van der Waals surface area contributed by atoms with Crippen molar-refractivity contribution in [1.82, 2.24) is 5.32 Å². The van der Waals surface area contributed by atoms with E-state index in [-0.39, 0.29) is 25.9 Å². The summed E-state index contributed by atoms with van der Waals surface area (Å²) in [5.74, 6) is -9.51. The molecule has 0 aliphatic heterocycles. The molecule has 0 amide bonds. The van der Waals surface area contributed by atoms with Crippen LogP contribution in [0.2, 0.25) is 0 Å². The second-order valence-electron chi connectivity index (χ2n) is 5.07. The number of hydrogen-bond donors (Lipinski definition) is 1. The summed E-state index contributed by atoms with van der Waals surface area (Å²) < 4.78 is 121. The van der Waals surface area contributed by atoms with Gasteiger partial charge in [0.15, 0.2) is 0 Å². The second kappa shape index (κ2) is 8.39. The van der Waals surface area contributed by atoms with Crippen LogP contribution in [0.3, 0.4) is 0 Å².